The Kier molecular flexibility index (Phi) is 11.9. The highest BCUT2D eigenvalue weighted by Crippen LogP contribution is 2.34. The van der Waals surface area contributed by atoms with Gasteiger partial charge in [0.05, 0.1) is 37.5 Å². The first kappa shape index (κ1) is 33.9. The average Bonchev–Trinajstić information content (AvgIpc) is 3.51. The third kappa shape index (κ3) is 9.49. The number of nitrogens with zero attached hydrogens (tertiary/aromatic N) is 5. The molecule has 0 atom stereocenters. The number of carboxylic acids is 1. The number of likely N-dealkylation sites (N-methyl/N-ethyl adjacent to an activating group) is 1. The van der Waals surface area contributed by atoms with E-state index in [1.165, 1.54) is 0 Å². The molecule has 4 rings (SSSR count). The number of pyridine rings is 1. The number of aryl methyl sites for hydroxylation is 1. The van der Waals surface area contributed by atoms with Crippen molar-refractivity contribution in [3.05, 3.63) is 53.9 Å². The Labute approximate surface area is 258 Å². The second-order valence-electron chi connectivity index (χ2n) is 10.8. The minimum atomic E-state index is -4.52. The van der Waals surface area contributed by atoms with Gasteiger partial charge in [-0.3, -0.25) is 18.8 Å². The average molecular weight is 633 g/mol. The van der Waals surface area contributed by atoms with Crippen LogP contribution in [-0.4, -0.2) is 94.3 Å². The van der Waals surface area contributed by atoms with Crippen molar-refractivity contribution in [2.45, 2.75) is 38.3 Å². The Bertz CT molecular complexity index is 1590. The summed E-state index contributed by atoms with van der Waals surface area (Å²) < 4.78 is 54.4. The maximum absolute atomic E-state index is 13.4. The number of fused-ring (bicyclic) bond motifs is 3. The second kappa shape index (κ2) is 15.8. The van der Waals surface area contributed by atoms with Gasteiger partial charge in [-0.2, -0.15) is 18.3 Å². The molecule has 0 saturated heterocycles. The molecule has 244 valence electrons. The Balaban J connectivity index is 1.20. The molecule has 0 fully saturated rings. The molecule has 14 heteroatoms. The number of hydrogen-bond donors (Lipinski definition) is 2. The highest BCUT2D eigenvalue weighted by molar-refractivity contribution is 6.10. The molecule has 0 aliphatic rings. The van der Waals surface area contributed by atoms with E-state index in [4.69, 9.17) is 14.6 Å². The van der Waals surface area contributed by atoms with Gasteiger partial charge in [-0.25, -0.2) is 4.98 Å². The standard InChI is InChI=1S/C31H39F3N6O5/c1-38(13-6-4-3-5-7-28(41)42)14-16-45-18-17-44-15-12-36-30(43)22-8-9-26-24(19-22)25-21-39(2)37-29(25)40(26)27-20-23(10-11-35-27)31(32,33)34/h8-11,19-21H,3-7,12-18H2,1-2H3,(H,36,43)(H,41,42). The molecule has 0 aliphatic carbocycles. The van der Waals surface area contributed by atoms with Gasteiger partial charge >= 0.3 is 12.1 Å². The van der Waals surface area contributed by atoms with Gasteiger partial charge < -0.3 is 24.8 Å². The smallest absolute Gasteiger partial charge is 0.416 e. The zero-order valence-electron chi connectivity index (χ0n) is 25.5. The number of aliphatic carboxylic acids is 1. The Hall–Kier alpha value is -4.01. The lowest BCUT2D eigenvalue weighted by Gasteiger charge is -2.16. The Morgan fingerprint density at radius 2 is 1.73 bits per heavy atom. The van der Waals surface area contributed by atoms with Crippen molar-refractivity contribution in [3.8, 4) is 5.82 Å². The van der Waals surface area contributed by atoms with Gasteiger partial charge in [0.1, 0.15) is 5.82 Å². The minimum absolute atomic E-state index is 0.0793. The molecule has 4 aromatic rings. The third-order valence-corrected chi connectivity index (χ3v) is 7.31. The van der Waals surface area contributed by atoms with E-state index in [1.54, 1.807) is 40.7 Å². The zero-order chi connectivity index (χ0) is 32.4. The molecule has 1 aromatic carbocycles. The molecule has 0 saturated carbocycles. The van der Waals surface area contributed by atoms with Crippen molar-refractivity contribution < 1.29 is 37.3 Å². The van der Waals surface area contributed by atoms with Crippen molar-refractivity contribution in [3.63, 3.8) is 0 Å². The predicted octanol–water partition coefficient (Wildman–Crippen LogP) is 4.66. The SMILES string of the molecule is CN(CCCCCCC(=O)O)CCOCCOCCNC(=O)c1ccc2c(c1)c1cn(C)nc1n2-c1cc(C(F)(F)F)ccn1. The number of nitrogens with one attached hydrogen (secondary N) is 1. The monoisotopic (exact) mass is 632 g/mol. The van der Waals surface area contributed by atoms with Crippen LogP contribution in [0.2, 0.25) is 0 Å². The summed E-state index contributed by atoms with van der Waals surface area (Å²) in [5.41, 5.74) is 0.601. The van der Waals surface area contributed by atoms with Gasteiger partial charge in [0.15, 0.2) is 5.65 Å². The van der Waals surface area contributed by atoms with Crippen LogP contribution in [0.1, 0.15) is 48.0 Å². The summed E-state index contributed by atoms with van der Waals surface area (Å²) >= 11 is 0. The summed E-state index contributed by atoms with van der Waals surface area (Å²) in [6.07, 6.45) is 2.27. The molecular weight excluding hydrogens is 593 g/mol. The second-order valence-corrected chi connectivity index (χ2v) is 10.8. The number of ether oxygens (including phenoxy) is 2. The van der Waals surface area contributed by atoms with Gasteiger partial charge in [0, 0.05) is 55.3 Å². The highest BCUT2D eigenvalue weighted by Gasteiger charge is 2.31. The first-order chi connectivity index (χ1) is 21.5. The number of hydrogen-bond acceptors (Lipinski definition) is 7. The number of aromatic nitrogens is 4. The third-order valence-electron chi connectivity index (χ3n) is 7.31. The molecule has 0 radical (unpaired) electrons. The van der Waals surface area contributed by atoms with Gasteiger partial charge in [-0.05, 0) is 56.8 Å². The lowest BCUT2D eigenvalue weighted by atomic mass is 10.1. The number of alkyl halides is 3. The molecular formula is C31H39F3N6O5. The summed E-state index contributed by atoms with van der Waals surface area (Å²) in [6, 6.07) is 6.90. The van der Waals surface area contributed by atoms with Crippen molar-refractivity contribution in [2.24, 2.45) is 7.05 Å². The molecule has 11 nitrogen and oxygen atoms in total. The van der Waals surface area contributed by atoms with E-state index < -0.39 is 17.7 Å². The van der Waals surface area contributed by atoms with E-state index in [1.807, 2.05) is 7.05 Å². The predicted molar refractivity (Wildman–Crippen MR) is 163 cm³/mol. The number of halogens is 3. The van der Waals surface area contributed by atoms with Crippen molar-refractivity contribution in [1.82, 2.24) is 29.5 Å². The lowest BCUT2D eigenvalue weighted by Crippen LogP contribution is -2.28. The summed E-state index contributed by atoms with van der Waals surface area (Å²) in [4.78, 5) is 29.7. The quantitative estimate of drug-likeness (QED) is 0.152. The van der Waals surface area contributed by atoms with E-state index >= 15 is 0 Å². The fourth-order valence-corrected chi connectivity index (χ4v) is 4.99. The van der Waals surface area contributed by atoms with Crippen LogP contribution in [0, 0.1) is 0 Å². The molecule has 3 heterocycles. The molecule has 0 spiro atoms. The summed E-state index contributed by atoms with van der Waals surface area (Å²) in [6.45, 7) is 3.74. The van der Waals surface area contributed by atoms with Gasteiger partial charge in [0.25, 0.3) is 5.91 Å². The van der Waals surface area contributed by atoms with Crippen LogP contribution in [0.15, 0.2) is 42.7 Å². The van der Waals surface area contributed by atoms with Crippen LogP contribution < -0.4 is 5.32 Å². The normalized spacial score (nSPS) is 12.0. The van der Waals surface area contributed by atoms with Crippen molar-refractivity contribution in [2.75, 3.05) is 53.1 Å². The number of carbonyl (C=O) groups is 2. The lowest BCUT2D eigenvalue weighted by molar-refractivity contribution is -0.138. The first-order valence-corrected chi connectivity index (χ1v) is 14.9. The number of carboxylic acid groups (broad SMARTS) is 1. The zero-order valence-corrected chi connectivity index (χ0v) is 25.5. The van der Waals surface area contributed by atoms with E-state index in [-0.39, 0.29) is 18.1 Å². The number of carbonyl (C=O) groups excluding carboxylic acids is 1. The highest BCUT2D eigenvalue weighted by atomic mass is 19.4. The maximum Gasteiger partial charge on any atom is 0.416 e. The summed E-state index contributed by atoms with van der Waals surface area (Å²) in [7, 11) is 3.74. The van der Waals surface area contributed by atoms with Crippen LogP contribution >= 0.6 is 0 Å². The fraction of sp³-hybridized carbons (Fsp3) is 0.484. The van der Waals surface area contributed by atoms with E-state index in [0.29, 0.717) is 60.5 Å². The van der Waals surface area contributed by atoms with Crippen molar-refractivity contribution in [1.29, 1.82) is 0 Å². The first-order valence-electron chi connectivity index (χ1n) is 14.9. The number of rotatable bonds is 18. The minimum Gasteiger partial charge on any atom is -0.481 e. The molecule has 0 bridgehead atoms. The Morgan fingerprint density at radius 1 is 0.978 bits per heavy atom. The van der Waals surface area contributed by atoms with Gasteiger partial charge in [-0.15, -0.1) is 0 Å². The van der Waals surface area contributed by atoms with Crippen LogP contribution in [0.4, 0.5) is 13.2 Å². The fourth-order valence-electron chi connectivity index (χ4n) is 4.99. The van der Waals surface area contributed by atoms with Gasteiger partial charge in [-0.1, -0.05) is 12.8 Å². The van der Waals surface area contributed by atoms with Crippen molar-refractivity contribution >= 4 is 33.8 Å². The molecule has 0 aliphatic heterocycles. The van der Waals surface area contributed by atoms with Crippen LogP contribution in [0.5, 0.6) is 0 Å². The van der Waals surface area contributed by atoms with E-state index in [2.05, 4.69) is 20.3 Å². The number of unbranched alkanes of at least 4 members (excludes halogenated alkanes) is 3. The number of amides is 1. The number of benzene rings is 1. The Morgan fingerprint density at radius 3 is 2.49 bits per heavy atom. The van der Waals surface area contributed by atoms with Crippen LogP contribution in [0.3, 0.4) is 0 Å². The summed E-state index contributed by atoms with van der Waals surface area (Å²) in [5, 5.41) is 17.3. The van der Waals surface area contributed by atoms with Crippen LogP contribution in [0.25, 0.3) is 27.8 Å². The van der Waals surface area contributed by atoms with E-state index in [9.17, 15) is 22.8 Å². The van der Waals surface area contributed by atoms with Crippen LogP contribution in [-0.2, 0) is 27.5 Å². The molecule has 3 aromatic heterocycles. The van der Waals surface area contributed by atoms with E-state index in [0.717, 1.165) is 57.1 Å². The van der Waals surface area contributed by atoms with Gasteiger partial charge in [0.2, 0.25) is 0 Å². The maximum atomic E-state index is 13.4. The molecule has 1 amide bonds. The largest absolute Gasteiger partial charge is 0.481 e. The summed E-state index contributed by atoms with van der Waals surface area (Å²) in [5.74, 6) is -0.966. The molecule has 2 N–H and O–H groups in total. The molecule has 0 unspecified atom stereocenters. The molecule has 45 heavy (non-hydrogen) atoms. The topological polar surface area (TPSA) is 124 Å².